The highest BCUT2D eigenvalue weighted by Gasteiger charge is 2.12. The van der Waals surface area contributed by atoms with Crippen LogP contribution in [0.1, 0.15) is 37.0 Å². The van der Waals surface area contributed by atoms with Crippen molar-refractivity contribution in [1.82, 2.24) is 0 Å². The molecule has 0 amide bonds. The number of ether oxygens (including phenoxy) is 1. The number of aryl methyl sites for hydroxylation is 1. The molecule has 0 bridgehead atoms. The summed E-state index contributed by atoms with van der Waals surface area (Å²) in [7, 11) is 1.62. The molecule has 0 saturated carbocycles. The normalized spacial score (nSPS) is 11.5. The van der Waals surface area contributed by atoms with Crippen molar-refractivity contribution < 1.29 is 9.84 Å². The third-order valence-corrected chi connectivity index (χ3v) is 2.46. The number of benzene rings is 1. The van der Waals surface area contributed by atoms with E-state index in [9.17, 15) is 5.11 Å². The van der Waals surface area contributed by atoms with Crippen LogP contribution < -0.4 is 4.74 Å². The Kier molecular flexibility index (Phi) is 4.88. The number of rotatable bonds is 4. The minimum absolute atomic E-state index is 0.504. The highest BCUT2D eigenvalue weighted by Crippen LogP contribution is 2.28. The van der Waals surface area contributed by atoms with Crippen molar-refractivity contribution in [3.05, 3.63) is 29.3 Å². The summed E-state index contributed by atoms with van der Waals surface area (Å²) in [5, 5.41) is 10.0. The summed E-state index contributed by atoms with van der Waals surface area (Å²) < 4.78 is 5.23. The first-order chi connectivity index (χ1) is 7.69. The number of aliphatic hydroxyl groups excluding tert-OH is 1. The molecule has 0 aliphatic rings. The van der Waals surface area contributed by atoms with Crippen LogP contribution >= 0.6 is 0 Å². The summed E-state index contributed by atoms with van der Waals surface area (Å²) in [5.41, 5.74) is 1.97. The molecule has 1 aromatic rings. The van der Waals surface area contributed by atoms with E-state index in [2.05, 4.69) is 11.8 Å². The Morgan fingerprint density at radius 2 is 2.19 bits per heavy atom. The summed E-state index contributed by atoms with van der Waals surface area (Å²) >= 11 is 0. The van der Waals surface area contributed by atoms with Gasteiger partial charge >= 0.3 is 0 Å². The van der Waals surface area contributed by atoms with Gasteiger partial charge in [-0.3, -0.25) is 0 Å². The molecule has 1 rings (SSSR count). The smallest absolute Gasteiger partial charge is 0.124 e. The Morgan fingerprint density at radius 1 is 1.44 bits per heavy atom. The summed E-state index contributed by atoms with van der Waals surface area (Å²) in [6.07, 6.45) is 0.839. The lowest BCUT2D eigenvalue weighted by atomic mass is 10.0. The maximum Gasteiger partial charge on any atom is 0.124 e. The topological polar surface area (TPSA) is 29.5 Å². The first kappa shape index (κ1) is 12.6. The Balaban J connectivity index is 2.82. The molecule has 0 aliphatic carbocycles. The van der Waals surface area contributed by atoms with Gasteiger partial charge in [0.05, 0.1) is 13.2 Å². The van der Waals surface area contributed by atoms with Gasteiger partial charge in [-0.2, -0.15) is 0 Å². The Bertz CT molecular complexity index is 399. The monoisotopic (exact) mass is 218 g/mol. The Hall–Kier alpha value is -1.46. The third-order valence-electron chi connectivity index (χ3n) is 2.46. The van der Waals surface area contributed by atoms with E-state index in [1.54, 1.807) is 14.0 Å². The molecule has 0 fully saturated rings. The van der Waals surface area contributed by atoms with Gasteiger partial charge in [0.2, 0.25) is 0 Å². The van der Waals surface area contributed by atoms with E-state index in [1.807, 2.05) is 25.1 Å². The lowest BCUT2D eigenvalue weighted by molar-refractivity contribution is 0.165. The Labute approximate surface area is 97.3 Å². The van der Waals surface area contributed by atoms with Crippen LogP contribution in [-0.2, 0) is 0 Å². The summed E-state index contributed by atoms with van der Waals surface area (Å²) in [4.78, 5) is 0. The predicted molar refractivity (Wildman–Crippen MR) is 65.4 cm³/mol. The second-order valence-electron chi connectivity index (χ2n) is 3.73. The molecule has 0 saturated heterocycles. The molecule has 1 aromatic carbocycles. The van der Waals surface area contributed by atoms with Gasteiger partial charge in [-0.1, -0.05) is 11.6 Å². The van der Waals surface area contributed by atoms with Crippen LogP contribution in [-0.4, -0.2) is 12.2 Å². The molecular formula is C14H18O2. The van der Waals surface area contributed by atoms with E-state index in [1.165, 1.54) is 0 Å². The van der Waals surface area contributed by atoms with E-state index in [4.69, 9.17) is 4.74 Å². The summed E-state index contributed by atoms with van der Waals surface area (Å²) in [5.74, 6) is 6.51. The van der Waals surface area contributed by atoms with Gasteiger partial charge in [0.15, 0.2) is 0 Å². The first-order valence-electron chi connectivity index (χ1n) is 5.41. The minimum atomic E-state index is -0.504. The molecule has 1 unspecified atom stereocenters. The van der Waals surface area contributed by atoms with Crippen molar-refractivity contribution in [3.63, 3.8) is 0 Å². The van der Waals surface area contributed by atoms with Gasteiger partial charge in [0.25, 0.3) is 0 Å². The fourth-order valence-corrected chi connectivity index (χ4v) is 1.60. The van der Waals surface area contributed by atoms with Crippen molar-refractivity contribution in [2.45, 2.75) is 32.8 Å². The standard InChI is InChI=1S/C14H18O2/c1-4-5-6-7-13(15)12-10-11(2)8-9-14(12)16-3/h8-10,13,15H,6-7H2,1-3H3. The van der Waals surface area contributed by atoms with Crippen molar-refractivity contribution in [2.24, 2.45) is 0 Å². The van der Waals surface area contributed by atoms with Crippen molar-refractivity contribution in [2.75, 3.05) is 7.11 Å². The minimum Gasteiger partial charge on any atom is -0.496 e. The summed E-state index contributed by atoms with van der Waals surface area (Å²) in [6, 6.07) is 5.82. The van der Waals surface area contributed by atoms with E-state index >= 15 is 0 Å². The highest BCUT2D eigenvalue weighted by molar-refractivity contribution is 5.38. The third kappa shape index (κ3) is 3.29. The van der Waals surface area contributed by atoms with Crippen LogP contribution in [0.15, 0.2) is 18.2 Å². The van der Waals surface area contributed by atoms with E-state index in [-0.39, 0.29) is 0 Å². The lowest BCUT2D eigenvalue weighted by Gasteiger charge is -2.14. The second kappa shape index (κ2) is 6.19. The lowest BCUT2D eigenvalue weighted by Crippen LogP contribution is -2.01. The molecule has 16 heavy (non-hydrogen) atoms. The maximum atomic E-state index is 10.0. The van der Waals surface area contributed by atoms with E-state index < -0.39 is 6.10 Å². The first-order valence-corrected chi connectivity index (χ1v) is 5.41. The van der Waals surface area contributed by atoms with Crippen molar-refractivity contribution in [3.8, 4) is 17.6 Å². The fraction of sp³-hybridized carbons (Fsp3) is 0.429. The molecule has 0 heterocycles. The molecule has 0 spiro atoms. The number of hydrogen-bond acceptors (Lipinski definition) is 2. The molecule has 0 aliphatic heterocycles. The van der Waals surface area contributed by atoms with E-state index in [0.29, 0.717) is 12.8 Å². The van der Waals surface area contributed by atoms with Crippen LogP contribution in [0.3, 0.4) is 0 Å². The maximum absolute atomic E-state index is 10.0. The SMILES string of the molecule is CC#CCCC(O)c1cc(C)ccc1OC. The zero-order valence-corrected chi connectivity index (χ0v) is 10.1. The fourth-order valence-electron chi connectivity index (χ4n) is 1.60. The van der Waals surface area contributed by atoms with Gasteiger partial charge in [0.1, 0.15) is 5.75 Å². The quantitative estimate of drug-likeness (QED) is 0.787. The van der Waals surface area contributed by atoms with Gasteiger partial charge < -0.3 is 9.84 Å². The van der Waals surface area contributed by atoms with Crippen LogP contribution in [0.4, 0.5) is 0 Å². The molecule has 86 valence electrons. The van der Waals surface area contributed by atoms with Gasteiger partial charge in [0, 0.05) is 12.0 Å². The summed E-state index contributed by atoms with van der Waals surface area (Å²) in [6.45, 7) is 3.81. The van der Waals surface area contributed by atoms with Crippen molar-refractivity contribution in [1.29, 1.82) is 0 Å². The molecule has 0 radical (unpaired) electrons. The molecule has 1 N–H and O–H groups in total. The average Bonchev–Trinajstić information content (AvgIpc) is 2.29. The molecule has 0 aromatic heterocycles. The van der Waals surface area contributed by atoms with E-state index in [0.717, 1.165) is 16.9 Å². The van der Waals surface area contributed by atoms with Crippen molar-refractivity contribution >= 4 is 0 Å². The Morgan fingerprint density at radius 3 is 2.81 bits per heavy atom. The van der Waals surface area contributed by atoms with Crippen LogP contribution in [0.5, 0.6) is 5.75 Å². The zero-order chi connectivity index (χ0) is 12.0. The molecule has 2 nitrogen and oxygen atoms in total. The van der Waals surface area contributed by atoms with Crippen LogP contribution in [0.2, 0.25) is 0 Å². The predicted octanol–water partition coefficient (Wildman–Crippen LogP) is 2.84. The van der Waals surface area contributed by atoms with Crippen LogP contribution in [0.25, 0.3) is 0 Å². The van der Waals surface area contributed by atoms with Gasteiger partial charge in [-0.25, -0.2) is 0 Å². The van der Waals surface area contributed by atoms with Crippen LogP contribution in [0, 0.1) is 18.8 Å². The zero-order valence-electron chi connectivity index (χ0n) is 10.1. The number of aliphatic hydroxyl groups is 1. The number of hydrogen-bond donors (Lipinski definition) is 1. The number of methoxy groups -OCH3 is 1. The average molecular weight is 218 g/mol. The molecular weight excluding hydrogens is 200 g/mol. The highest BCUT2D eigenvalue weighted by atomic mass is 16.5. The van der Waals surface area contributed by atoms with Gasteiger partial charge in [-0.15, -0.1) is 11.8 Å². The van der Waals surface area contributed by atoms with Gasteiger partial charge in [-0.05, 0) is 32.4 Å². The molecule has 2 heteroatoms. The largest absolute Gasteiger partial charge is 0.496 e. The second-order valence-corrected chi connectivity index (χ2v) is 3.73. The molecule has 1 atom stereocenters.